The van der Waals surface area contributed by atoms with E-state index < -0.39 is 291 Å². The van der Waals surface area contributed by atoms with E-state index >= 15 is 0 Å². The maximum absolute atomic E-state index is 11.3. The second-order valence-corrected chi connectivity index (χ2v) is 26.2. The molecule has 0 spiro atoms. The van der Waals surface area contributed by atoms with E-state index in [1.54, 1.807) is 71.3 Å². The summed E-state index contributed by atoms with van der Waals surface area (Å²) in [5, 5.41) is -3.73. The van der Waals surface area contributed by atoms with E-state index in [0.717, 1.165) is 23.9 Å². The first kappa shape index (κ1) is 32.4. The van der Waals surface area contributed by atoms with Crippen LogP contribution in [0.25, 0.3) is 106 Å². The summed E-state index contributed by atoms with van der Waals surface area (Å²) in [5.74, 6) is -0.0709. The summed E-state index contributed by atoms with van der Waals surface area (Å²) in [6.07, 6.45) is 4.45. The predicted octanol–water partition coefficient (Wildman–Crippen LogP) is 18.9. The number of fused-ring (bicyclic) bond motifs is 4. The third-order valence-electron chi connectivity index (χ3n) is 16.2. The number of ether oxygens (including phenoxy) is 1. The first-order valence-electron chi connectivity index (χ1n) is 48.0. The van der Waals surface area contributed by atoms with Crippen molar-refractivity contribution in [1.29, 1.82) is 0 Å². The predicted molar refractivity (Wildman–Crippen MR) is 394 cm³/mol. The minimum atomic E-state index is -6.72. The monoisotopic (exact) mass is 1470 g/mol. The number of nitrogens with zero attached hydrogens (tertiary/aromatic N) is 4. The Kier molecular flexibility index (Phi) is 8.68. The zero-order valence-corrected chi connectivity index (χ0v) is 53.8. The molecule has 0 amide bonds. The summed E-state index contributed by atoms with van der Waals surface area (Å²) in [4.78, 5) is 4.69. The molecule has 0 aliphatic carbocycles. The molecule has 0 aliphatic rings. The van der Waals surface area contributed by atoms with Gasteiger partial charge in [0.2, 0.25) is 0 Å². The largest absolute Gasteiger partial charge is 0.510 e. The molecule has 3 heterocycles. The molecule has 13 aromatic carbocycles. The molecular weight excluding hydrogens is 1360 g/mol. The third-order valence-corrected chi connectivity index (χ3v) is 20.2. The number of pyridine rings is 1. The molecule has 0 unspecified atom stereocenters. The molecule has 0 aliphatic heterocycles. The van der Waals surface area contributed by atoms with Crippen LogP contribution in [-0.4, -0.2) is 22.2 Å². The quantitative estimate of drug-likeness (QED) is 0.0471. The van der Waals surface area contributed by atoms with Crippen molar-refractivity contribution in [2.75, 3.05) is 0 Å². The van der Waals surface area contributed by atoms with Gasteiger partial charge in [-0.1, -0.05) is 286 Å². The number of aryl methyl sites for hydroxylation is 1. The molecule has 0 N–H and O–H groups in total. The second kappa shape index (κ2) is 25.7. The van der Waals surface area contributed by atoms with E-state index in [1.807, 2.05) is 45.0 Å². The van der Waals surface area contributed by atoms with Gasteiger partial charge in [0.15, 0.2) is 8.07 Å². The summed E-state index contributed by atoms with van der Waals surface area (Å²) < 4.78 is 358. The zero-order valence-electron chi connectivity index (χ0n) is 87.6. The van der Waals surface area contributed by atoms with Crippen LogP contribution in [-0.2, 0) is 26.5 Å². The zero-order chi connectivity index (χ0) is 96.1. The fourth-order valence-corrected chi connectivity index (χ4v) is 15.3. The van der Waals surface area contributed by atoms with Crippen molar-refractivity contribution in [2.45, 2.75) is 33.0 Å². The van der Waals surface area contributed by atoms with Gasteiger partial charge in [-0.15, -0.1) is 29.7 Å². The number of benzene rings is 13. The number of rotatable bonds is 14. The maximum atomic E-state index is 11.3. The number of hydrogen-bond acceptors (Lipinski definition) is 2. The minimum absolute atomic E-state index is 0. The number of aromatic nitrogens is 4. The fourth-order valence-electron chi connectivity index (χ4n) is 11.8. The van der Waals surface area contributed by atoms with E-state index in [0.29, 0.717) is 27.4 Å². The number of para-hydroxylation sites is 1. The molecule has 0 atom stereocenters. The second-order valence-electron chi connectivity index (χ2n) is 22.7. The summed E-state index contributed by atoms with van der Waals surface area (Å²) in [6.45, 7) is 3.07. The van der Waals surface area contributed by atoms with Crippen molar-refractivity contribution >= 4 is 61.7 Å². The van der Waals surface area contributed by atoms with Crippen molar-refractivity contribution in [3.05, 3.63) is 356 Å². The standard InChI is InChI=1S/C89H66N4OSi.Pt/c1-62-53-87(90-60-82(62)66-31-15-7-16-32-66)93-83-44-24-23-43-78(83)79-51-50-73(59-85(79)93)94-72-35-26-34-71(58-72)91-61-92(84-52-47-67(57-86(84)91)64-45-48-70(49-46-64)89(2,3)4)88-80(65-29-13-6-14-30-65)55-69(63-27-11-5-12-28-63)56-81(88)68-33-25-42-77(54-68)95(74-36-17-8-18-37-74,75-38-19-9-20-39-75)76-40-21-10-22-41-76;/h5-57,60H,1-4H3;/q-2;/i1D3,5D,6D,7D,8D,9D,10D,11D,12D,13D,14D,15D,16D,17D,18D,19D,20D,21D,22D,25D,27D,28D,29D,30D,31D,32D,33D,36D,37D,38D,39D,40D,41D,42D,54D;. The minimum Gasteiger partial charge on any atom is -0.510 e. The van der Waals surface area contributed by atoms with Gasteiger partial charge in [0.05, 0.1) is 63.3 Å². The maximum Gasteiger partial charge on any atom is 0.268 e. The molecule has 16 rings (SSSR count). The van der Waals surface area contributed by atoms with Crippen molar-refractivity contribution in [2.24, 2.45) is 0 Å². The van der Waals surface area contributed by atoms with Crippen LogP contribution in [0.15, 0.2) is 327 Å². The molecule has 0 fully saturated rings. The Bertz CT molecular complexity index is 7440. The van der Waals surface area contributed by atoms with E-state index in [2.05, 4.69) is 23.4 Å². The Morgan fingerprint density at radius 1 is 0.469 bits per heavy atom. The van der Waals surface area contributed by atoms with Crippen LogP contribution in [0.2, 0.25) is 0 Å². The van der Waals surface area contributed by atoms with Crippen molar-refractivity contribution in [1.82, 2.24) is 14.1 Å². The molecule has 0 saturated carbocycles. The van der Waals surface area contributed by atoms with Crippen LogP contribution in [0.3, 0.4) is 0 Å². The molecule has 7 heteroatoms. The Labute approximate surface area is 628 Å². The van der Waals surface area contributed by atoms with Crippen LogP contribution < -0.4 is 30.1 Å². The van der Waals surface area contributed by atoms with Gasteiger partial charge in [-0.05, 0) is 136 Å². The summed E-state index contributed by atoms with van der Waals surface area (Å²) >= 11 is 0. The average Bonchev–Trinajstić information content (AvgIpc) is 0.967. The van der Waals surface area contributed by atoms with Gasteiger partial charge in [-0.2, -0.15) is 18.2 Å². The van der Waals surface area contributed by atoms with E-state index in [9.17, 15) is 30.2 Å². The molecule has 0 bridgehead atoms. The average molecular weight is 1470 g/mol. The molecule has 0 radical (unpaired) electrons. The van der Waals surface area contributed by atoms with Gasteiger partial charge < -0.3 is 13.9 Å². The molecule has 0 saturated heterocycles. The van der Waals surface area contributed by atoms with Crippen LogP contribution >= 0.6 is 0 Å². The van der Waals surface area contributed by atoms with Crippen molar-refractivity contribution in [3.8, 4) is 84.3 Å². The molecule has 96 heavy (non-hydrogen) atoms. The van der Waals surface area contributed by atoms with Gasteiger partial charge >= 0.3 is 0 Å². The van der Waals surface area contributed by atoms with Crippen LogP contribution in [0, 0.1) is 25.3 Å². The number of hydrogen-bond donors (Lipinski definition) is 0. The fraction of sp³-hybridized carbons (Fsp3) is 0.0562. The molecule has 3 aromatic heterocycles. The van der Waals surface area contributed by atoms with Crippen LogP contribution in [0.5, 0.6) is 11.5 Å². The van der Waals surface area contributed by atoms with Gasteiger partial charge in [-0.25, -0.2) is 4.98 Å². The SMILES string of the molecule is [2H]c1c([2H])c([2H])c(-c2cc(-c3c([2H])c([2H])c([2H])c([2H])c3[2H])c(-[n+]3[c-]n(-c4[c-]c(Oc5[c-]c6c(cc5)c5ccccc5n6-c5cc(C([2H])([2H])[2H])c(-c6c([2H])c([2H])c([2H])c([2H])c6[2H])cn5)ccc4)c4cc(-c5ccc(C(C)(C)C)cc5)ccc43)c(-c3c([2H])c([2H])c([2H])c([Si](c4c([2H])c([2H])c([2H])c([2H])c4[2H])(c4c([2H])c([2H])c([2H])c([2H])c4[2H])c4c([2H])c([2H])c([2H])c([2H])c4[2H])c3[2H])c2)c([2H])c1[2H].[Pt]. The Morgan fingerprint density at radius 2 is 1.03 bits per heavy atom. The van der Waals surface area contributed by atoms with Crippen LogP contribution in [0.4, 0.5) is 0 Å². The molecular formula is C89H66N4OPtSi-2. The third kappa shape index (κ3) is 11.2. The smallest absolute Gasteiger partial charge is 0.268 e. The van der Waals surface area contributed by atoms with E-state index in [-0.39, 0.29) is 71.6 Å². The van der Waals surface area contributed by atoms with Gasteiger partial charge in [0.1, 0.15) is 5.82 Å². The van der Waals surface area contributed by atoms with Crippen molar-refractivity contribution in [3.63, 3.8) is 0 Å². The Morgan fingerprint density at radius 3 is 1.67 bits per heavy atom. The summed E-state index contributed by atoms with van der Waals surface area (Å²) in [7, 11) is -6.72. The first-order chi connectivity index (χ1) is 61.9. The summed E-state index contributed by atoms with van der Waals surface area (Å²) in [5.41, 5.74) is -3.54. The Balaban J connectivity index is 0.0000135. The number of imidazole rings is 1. The van der Waals surface area contributed by atoms with Gasteiger partial charge in [0.25, 0.3) is 6.33 Å². The van der Waals surface area contributed by atoms with Crippen LogP contribution in [0.1, 0.15) is 82.6 Å². The van der Waals surface area contributed by atoms with E-state index in [4.69, 9.17) is 25.3 Å². The van der Waals surface area contributed by atoms with Gasteiger partial charge in [-0.3, -0.25) is 4.57 Å². The normalized spacial score (nSPS) is 17.2. The van der Waals surface area contributed by atoms with E-state index in [1.165, 1.54) is 21.3 Å². The molecule has 16 aromatic rings. The van der Waals surface area contributed by atoms with Crippen molar-refractivity contribution < 1.29 is 81.1 Å². The Hall–Kier alpha value is -11.0. The molecule has 5 nitrogen and oxygen atoms in total. The molecule has 464 valence electrons. The van der Waals surface area contributed by atoms with Gasteiger partial charge in [0, 0.05) is 54.0 Å². The summed E-state index contributed by atoms with van der Waals surface area (Å²) in [6, 6.07) is -0.345. The first-order valence-corrected chi connectivity index (χ1v) is 31.5. The topological polar surface area (TPSA) is 35.9 Å².